The maximum Gasteiger partial charge on any atom is 0.164 e. The number of hydrogen-bond acceptors (Lipinski definition) is 3. The minimum atomic E-state index is -0.548. The van der Waals surface area contributed by atoms with Gasteiger partial charge in [-0.05, 0) is 32.9 Å². The van der Waals surface area contributed by atoms with Gasteiger partial charge in [0.25, 0.3) is 0 Å². The Kier molecular flexibility index (Phi) is 2.60. The van der Waals surface area contributed by atoms with Crippen LogP contribution in [0, 0.1) is 6.92 Å². The molecule has 2 heterocycles. The van der Waals surface area contributed by atoms with Gasteiger partial charge in [-0.25, -0.2) is 0 Å². The lowest BCUT2D eigenvalue weighted by Crippen LogP contribution is -2.20. The van der Waals surface area contributed by atoms with Crippen LogP contribution in [0.4, 0.5) is 0 Å². The van der Waals surface area contributed by atoms with Crippen LogP contribution in [0.3, 0.4) is 0 Å². The molecule has 0 unspecified atom stereocenters. The van der Waals surface area contributed by atoms with Crippen molar-refractivity contribution in [3.8, 4) is 0 Å². The van der Waals surface area contributed by atoms with Crippen LogP contribution in [0.15, 0.2) is 12.1 Å². The lowest BCUT2D eigenvalue weighted by atomic mass is 10.2. The molecule has 0 saturated carbocycles. The second-order valence-electron chi connectivity index (χ2n) is 3.74. The normalized spacial score (nSPS) is 30.9. The Labute approximate surface area is 92.8 Å². The number of ether oxygens (including phenoxy) is 2. The predicted molar refractivity (Wildman–Crippen MR) is 57.5 cm³/mol. The van der Waals surface area contributed by atoms with Crippen molar-refractivity contribution in [2.24, 2.45) is 0 Å². The molecule has 0 spiro atoms. The summed E-state index contributed by atoms with van der Waals surface area (Å²) in [7, 11) is 0. The van der Waals surface area contributed by atoms with Crippen molar-refractivity contribution in [2.75, 3.05) is 0 Å². The minimum Gasteiger partial charge on any atom is -0.344 e. The molecule has 14 heavy (non-hydrogen) atoms. The third-order valence-corrected chi connectivity index (χ3v) is 3.35. The molecule has 1 fully saturated rings. The number of rotatable bonds is 1. The first-order chi connectivity index (χ1) is 6.48. The van der Waals surface area contributed by atoms with Crippen LogP contribution in [0.2, 0.25) is 4.34 Å². The SMILES string of the molecule is [CH2][C@@H]1OC(C)(C)O[C@H]1c1ccc(Cl)s1. The molecule has 2 nitrogen and oxygen atoms in total. The van der Waals surface area contributed by atoms with E-state index in [0.717, 1.165) is 9.21 Å². The number of halogens is 1. The maximum absolute atomic E-state index is 5.86. The molecule has 1 aliphatic rings. The molecule has 1 saturated heterocycles. The predicted octanol–water partition coefficient (Wildman–Crippen LogP) is 3.43. The summed E-state index contributed by atoms with van der Waals surface area (Å²) in [5.74, 6) is -0.548. The summed E-state index contributed by atoms with van der Waals surface area (Å²) in [5.41, 5.74) is 0. The van der Waals surface area contributed by atoms with E-state index in [1.165, 1.54) is 11.3 Å². The smallest absolute Gasteiger partial charge is 0.164 e. The zero-order valence-electron chi connectivity index (χ0n) is 8.12. The highest BCUT2D eigenvalue weighted by Gasteiger charge is 2.40. The van der Waals surface area contributed by atoms with Crippen LogP contribution in [-0.4, -0.2) is 11.9 Å². The highest BCUT2D eigenvalue weighted by Crippen LogP contribution is 2.40. The van der Waals surface area contributed by atoms with Gasteiger partial charge in [-0.3, -0.25) is 0 Å². The van der Waals surface area contributed by atoms with Gasteiger partial charge in [-0.1, -0.05) is 11.6 Å². The average molecular weight is 232 g/mol. The molecule has 1 aromatic rings. The first kappa shape index (κ1) is 10.4. The Bertz CT molecular complexity index is 335. The summed E-state index contributed by atoms with van der Waals surface area (Å²) in [6, 6.07) is 3.82. The van der Waals surface area contributed by atoms with Crippen molar-refractivity contribution in [3.63, 3.8) is 0 Å². The molecule has 0 amide bonds. The highest BCUT2D eigenvalue weighted by atomic mass is 35.5. The van der Waals surface area contributed by atoms with Crippen molar-refractivity contribution >= 4 is 22.9 Å². The minimum absolute atomic E-state index is 0.0949. The first-order valence-corrected chi connectivity index (χ1v) is 5.61. The summed E-state index contributed by atoms with van der Waals surface area (Å²) in [6.45, 7) is 7.70. The Hall–Kier alpha value is -0.0900. The van der Waals surface area contributed by atoms with Gasteiger partial charge >= 0.3 is 0 Å². The molecule has 0 aromatic carbocycles. The van der Waals surface area contributed by atoms with E-state index in [4.69, 9.17) is 21.1 Å². The molecule has 1 radical (unpaired) electrons. The maximum atomic E-state index is 5.86. The second kappa shape index (κ2) is 3.49. The van der Waals surface area contributed by atoms with Crippen LogP contribution in [-0.2, 0) is 9.47 Å². The van der Waals surface area contributed by atoms with E-state index in [0.29, 0.717) is 0 Å². The van der Waals surface area contributed by atoms with Crippen molar-refractivity contribution in [2.45, 2.75) is 31.8 Å². The average Bonchev–Trinajstić information content (AvgIpc) is 2.55. The molecule has 77 valence electrons. The molecule has 1 aliphatic heterocycles. The van der Waals surface area contributed by atoms with Crippen LogP contribution in [0.25, 0.3) is 0 Å². The van der Waals surface area contributed by atoms with Crippen molar-refractivity contribution in [1.82, 2.24) is 0 Å². The van der Waals surface area contributed by atoms with Gasteiger partial charge in [-0.2, -0.15) is 0 Å². The molecule has 1 aromatic heterocycles. The van der Waals surface area contributed by atoms with Crippen LogP contribution < -0.4 is 0 Å². The van der Waals surface area contributed by atoms with E-state index in [1.807, 2.05) is 26.0 Å². The van der Waals surface area contributed by atoms with Crippen LogP contribution in [0.1, 0.15) is 24.8 Å². The molecule has 2 rings (SSSR count). The molecular formula is C10H12ClO2S. The Morgan fingerprint density at radius 2 is 2.14 bits per heavy atom. The highest BCUT2D eigenvalue weighted by molar-refractivity contribution is 7.16. The number of thiophene rings is 1. The van der Waals surface area contributed by atoms with Gasteiger partial charge in [0.15, 0.2) is 5.79 Å². The van der Waals surface area contributed by atoms with Crippen LogP contribution in [0.5, 0.6) is 0 Å². The van der Waals surface area contributed by atoms with E-state index < -0.39 is 5.79 Å². The van der Waals surface area contributed by atoms with Gasteiger partial charge < -0.3 is 9.47 Å². The molecule has 0 N–H and O–H groups in total. The Balaban J connectivity index is 2.20. The van der Waals surface area contributed by atoms with E-state index >= 15 is 0 Å². The number of hydrogen-bond donors (Lipinski definition) is 0. The summed E-state index contributed by atoms with van der Waals surface area (Å²) in [4.78, 5) is 1.07. The topological polar surface area (TPSA) is 18.5 Å². The van der Waals surface area contributed by atoms with E-state index in [-0.39, 0.29) is 12.2 Å². The van der Waals surface area contributed by atoms with Gasteiger partial charge in [0.1, 0.15) is 6.10 Å². The van der Waals surface area contributed by atoms with Crippen molar-refractivity contribution in [3.05, 3.63) is 28.3 Å². The van der Waals surface area contributed by atoms with E-state index in [9.17, 15) is 0 Å². The summed E-state index contributed by atoms with van der Waals surface area (Å²) in [5, 5.41) is 0. The molecule has 0 bridgehead atoms. The molecular weight excluding hydrogens is 220 g/mol. The standard InChI is InChI=1S/C10H12ClO2S/c1-6-9(13-10(2,3)12-6)7-4-5-8(11)14-7/h4-6,9H,1H2,2-3H3/t6-,9+/m0/s1. The molecule has 2 atom stereocenters. The van der Waals surface area contributed by atoms with E-state index in [2.05, 4.69) is 6.92 Å². The third-order valence-electron chi connectivity index (χ3n) is 2.06. The van der Waals surface area contributed by atoms with Crippen molar-refractivity contribution < 1.29 is 9.47 Å². The van der Waals surface area contributed by atoms with Crippen molar-refractivity contribution in [1.29, 1.82) is 0 Å². The zero-order valence-corrected chi connectivity index (χ0v) is 9.69. The van der Waals surface area contributed by atoms with Gasteiger partial charge in [0, 0.05) is 4.88 Å². The fourth-order valence-electron chi connectivity index (χ4n) is 1.56. The monoisotopic (exact) mass is 231 g/mol. The molecule has 0 aliphatic carbocycles. The van der Waals surface area contributed by atoms with Crippen LogP contribution >= 0.6 is 22.9 Å². The zero-order chi connectivity index (χ0) is 10.3. The lowest BCUT2D eigenvalue weighted by molar-refractivity contribution is -0.143. The second-order valence-corrected chi connectivity index (χ2v) is 5.48. The first-order valence-electron chi connectivity index (χ1n) is 4.42. The largest absolute Gasteiger partial charge is 0.344 e. The Morgan fingerprint density at radius 1 is 1.43 bits per heavy atom. The molecule has 4 heteroatoms. The summed E-state index contributed by atoms with van der Waals surface area (Å²) >= 11 is 7.37. The van der Waals surface area contributed by atoms with Gasteiger partial charge in [-0.15, -0.1) is 11.3 Å². The summed E-state index contributed by atoms with van der Waals surface area (Å²) < 4.78 is 12.0. The van der Waals surface area contributed by atoms with Gasteiger partial charge in [0.2, 0.25) is 0 Å². The fourth-order valence-corrected chi connectivity index (χ4v) is 2.70. The fraction of sp³-hybridized carbons (Fsp3) is 0.500. The van der Waals surface area contributed by atoms with Gasteiger partial charge in [0.05, 0.1) is 10.4 Å². The summed E-state index contributed by atoms with van der Waals surface area (Å²) in [6.07, 6.45) is -0.262. The Morgan fingerprint density at radius 3 is 2.57 bits per heavy atom. The lowest BCUT2D eigenvalue weighted by Gasteiger charge is -2.16. The van der Waals surface area contributed by atoms with E-state index in [1.54, 1.807) is 0 Å². The quantitative estimate of drug-likeness (QED) is 0.737. The third kappa shape index (κ3) is 1.96.